The molecule has 0 atom stereocenters. The van der Waals surface area contributed by atoms with Gasteiger partial charge in [0.25, 0.3) is 5.91 Å². The van der Waals surface area contributed by atoms with Gasteiger partial charge in [0.05, 0.1) is 6.61 Å². The van der Waals surface area contributed by atoms with Crippen LogP contribution in [0.1, 0.15) is 10.4 Å². The number of carbonyl (C=O) groups is 1. The van der Waals surface area contributed by atoms with Crippen molar-refractivity contribution >= 4 is 11.6 Å². The van der Waals surface area contributed by atoms with Crippen molar-refractivity contribution in [2.24, 2.45) is 0 Å². The second-order valence-corrected chi connectivity index (χ2v) is 4.65. The monoisotopic (exact) mass is 300 g/mol. The molecule has 0 saturated carbocycles. The van der Waals surface area contributed by atoms with E-state index in [0.717, 1.165) is 11.4 Å². The van der Waals surface area contributed by atoms with Gasteiger partial charge in [-0.3, -0.25) is 4.79 Å². The molecule has 2 aromatic carbocycles. The van der Waals surface area contributed by atoms with Crippen LogP contribution in [0.3, 0.4) is 0 Å². The fraction of sp³-hybridized carbons (Fsp3) is 0.235. The average Bonchev–Trinajstić information content (AvgIpc) is 2.58. The molecule has 0 aliphatic carbocycles. The standard InChI is InChI=1S/C17H20N2O3/c20-11-9-19-17(21)14-5-4-6-15(13-14)18-10-12-22-16-7-2-1-3-8-16/h1-8,13,18,20H,9-12H2,(H,19,21). The van der Waals surface area contributed by atoms with E-state index < -0.39 is 0 Å². The molecule has 2 aromatic rings. The highest BCUT2D eigenvalue weighted by Crippen LogP contribution is 2.11. The van der Waals surface area contributed by atoms with Gasteiger partial charge in [-0.2, -0.15) is 0 Å². The Bertz CT molecular complexity index is 587. The van der Waals surface area contributed by atoms with Crippen LogP contribution in [0, 0.1) is 0 Å². The summed E-state index contributed by atoms with van der Waals surface area (Å²) in [5.74, 6) is 0.639. The Morgan fingerprint density at radius 1 is 1.05 bits per heavy atom. The number of aliphatic hydroxyl groups excluding tert-OH is 1. The third-order valence-electron chi connectivity index (χ3n) is 2.97. The Morgan fingerprint density at radius 3 is 2.64 bits per heavy atom. The van der Waals surface area contributed by atoms with Crippen molar-refractivity contribution < 1.29 is 14.6 Å². The fourth-order valence-electron chi connectivity index (χ4n) is 1.92. The number of hydrogen-bond donors (Lipinski definition) is 3. The average molecular weight is 300 g/mol. The molecule has 0 aliphatic heterocycles. The Hall–Kier alpha value is -2.53. The number of amides is 1. The highest BCUT2D eigenvalue weighted by Gasteiger charge is 2.05. The molecular formula is C17H20N2O3. The molecule has 0 bridgehead atoms. The minimum absolute atomic E-state index is 0.0689. The van der Waals surface area contributed by atoms with Crippen LogP contribution < -0.4 is 15.4 Å². The van der Waals surface area contributed by atoms with Gasteiger partial charge in [0, 0.05) is 24.3 Å². The zero-order chi connectivity index (χ0) is 15.6. The summed E-state index contributed by atoms with van der Waals surface area (Å²) in [6.07, 6.45) is 0. The van der Waals surface area contributed by atoms with Gasteiger partial charge in [-0.25, -0.2) is 0 Å². The molecule has 116 valence electrons. The number of nitrogens with one attached hydrogen (secondary N) is 2. The Morgan fingerprint density at radius 2 is 1.86 bits per heavy atom. The van der Waals surface area contributed by atoms with E-state index in [2.05, 4.69) is 10.6 Å². The van der Waals surface area contributed by atoms with Crippen LogP contribution in [-0.2, 0) is 0 Å². The molecule has 0 aliphatic rings. The van der Waals surface area contributed by atoms with E-state index in [-0.39, 0.29) is 19.1 Å². The second-order valence-electron chi connectivity index (χ2n) is 4.65. The molecule has 0 fully saturated rings. The second kappa shape index (κ2) is 8.69. The van der Waals surface area contributed by atoms with Crippen molar-refractivity contribution in [1.29, 1.82) is 0 Å². The number of benzene rings is 2. The van der Waals surface area contributed by atoms with E-state index in [0.29, 0.717) is 18.7 Å². The molecule has 5 heteroatoms. The van der Waals surface area contributed by atoms with Crippen molar-refractivity contribution in [3.63, 3.8) is 0 Å². The van der Waals surface area contributed by atoms with E-state index in [1.165, 1.54) is 0 Å². The molecule has 2 rings (SSSR count). The third kappa shape index (κ3) is 5.10. The number of ether oxygens (including phenoxy) is 1. The first kappa shape index (κ1) is 15.9. The Kier molecular flexibility index (Phi) is 6.26. The fourth-order valence-corrected chi connectivity index (χ4v) is 1.92. The molecule has 0 aromatic heterocycles. The van der Waals surface area contributed by atoms with Crippen LogP contribution in [-0.4, -0.2) is 37.3 Å². The van der Waals surface area contributed by atoms with E-state index in [4.69, 9.17) is 9.84 Å². The minimum atomic E-state index is -0.196. The summed E-state index contributed by atoms with van der Waals surface area (Å²) in [5.41, 5.74) is 1.41. The topological polar surface area (TPSA) is 70.6 Å². The van der Waals surface area contributed by atoms with Crippen molar-refractivity contribution in [3.8, 4) is 5.75 Å². The van der Waals surface area contributed by atoms with Gasteiger partial charge >= 0.3 is 0 Å². The number of para-hydroxylation sites is 1. The van der Waals surface area contributed by atoms with Crippen molar-refractivity contribution in [3.05, 3.63) is 60.2 Å². The van der Waals surface area contributed by atoms with E-state index in [9.17, 15) is 4.79 Å². The molecule has 0 spiro atoms. The summed E-state index contributed by atoms with van der Waals surface area (Å²) in [6, 6.07) is 16.8. The molecule has 22 heavy (non-hydrogen) atoms. The van der Waals surface area contributed by atoms with Crippen molar-refractivity contribution in [2.45, 2.75) is 0 Å². The predicted molar refractivity (Wildman–Crippen MR) is 86.3 cm³/mol. The number of carbonyl (C=O) groups excluding carboxylic acids is 1. The Labute approximate surface area is 129 Å². The van der Waals surface area contributed by atoms with Gasteiger partial charge in [0.15, 0.2) is 0 Å². The first-order valence-corrected chi connectivity index (χ1v) is 7.20. The summed E-state index contributed by atoms with van der Waals surface area (Å²) in [4.78, 5) is 11.8. The predicted octanol–water partition coefficient (Wildman–Crippen LogP) is 1.90. The maximum Gasteiger partial charge on any atom is 0.251 e. The summed E-state index contributed by atoms with van der Waals surface area (Å²) in [5, 5.41) is 14.5. The van der Waals surface area contributed by atoms with Gasteiger partial charge in [-0.05, 0) is 30.3 Å². The van der Waals surface area contributed by atoms with Gasteiger partial charge in [-0.15, -0.1) is 0 Å². The van der Waals surface area contributed by atoms with Gasteiger partial charge in [0.1, 0.15) is 12.4 Å². The van der Waals surface area contributed by atoms with Crippen molar-refractivity contribution in [2.75, 3.05) is 31.6 Å². The van der Waals surface area contributed by atoms with Gasteiger partial charge in [-0.1, -0.05) is 24.3 Å². The Balaban J connectivity index is 1.79. The number of anilines is 1. The molecule has 0 unspecified atom stereocenters. The van der Waals surface area contributed by atoms with E-state index in [1.54, 1.807) is 12.1 Å². The first-order chi connectivity index (χ1) is 10.8. The highest BCUT2D eigenvalue weighted by molar-refractivity contribution is 5.95. The zero-order valence-corrected chi connectivity index (χ0v) is 12.3. The summed E-state index contributed by atoms with van der Waals surface area (Å²) in [6.45, 7) is 1.35. The van der Waals surface area contributed by atoms with E-state index in [1.807, 2.05) is 42.5 Å². The molecule has 0 radical (unpaired) electrons. The van der Waals surface area contributed by atoms with Crippen LogP contribution in [0.15, 0.2) is 54.6 Å². The molecular weight excluding hydrogens is 280 g/mol. The summed E-state index contributed by atoms with van der Waals surface area (Å²) in [7, 11) is 0. The quantitative estimate of drug-likeness (QED) is 0.651. The van der Waals surface area contributed by atoms with Crippen LogP contribution in [0.4, 0.5) is 5.69 Å². The lowest BCUT2D eigenvalue weighted by Gasteiger charge is -2.10. The maximum atomic E-state index is 11.8. The SMILES string of the molecule is O=C(NCCO)c1cccc(NCCOc2ccccc2)c1. The van der Waals surface area contributed by atoms with Gasteiger partial charge in [0.2, 0.25) is 0 Å². The largest absolute Gasteiger partial charge is 0.492 e. The normalized spacial score (nSPS) is 10.0. The maximum absolute atomic E-state index is 11.8. The van der Waals surface area contributed by atoms with Crippen LogP contribution in [0.25, 0.3) is 0 Å². The molecule has 1 amide bonds. The summed E-state index contributed by atoms with van der Waals surface area (Å²) < 4.78 is 5.59. The van der Waals surface area contributed by atoms with E-state index >= 15 is 0 Å². The molecule has 0 saturated heterocycles. The molecule has 3 N–H and O–H groups in total. The first-order valence-electron chi connectivity index (χ1n) is 7.20. The van der Waals surface area contributed by atoms with Crippen molar-refractivity contribution in [1.82, 2.24) is 5.32 Å². The lowest BCUT2D eigenvalue weighted by atomic mass is 10.2. The van der Waals surface area contributed by atoms with Crippen LogP contribution in [0.5, 0.6) is 5.75 Å². The minimum Gasteiger partial charge on any atom is -0.492 e. The lowest BCUT2D eigenvalue weighted by molar-refractivity contribution is 0.0945. The van der Waals surface area contributed by atoms with Gasteiger partial charge < -0.3 is 20.5 Å². The molecule has 0 heterocycles. The van der Waals surface area contributed by atoms with Crippen LogP contribution in [0.2, 0.25) is 0 Å². The highest BCUT2D eigenvalue weighted by atomic mass is 16.5. The third-order valence-corrected chi connectivity index (χ3v) is 2.97. The zero-order valence-electron chi connectivity index (χ0n) is 12.3. The smallest absolute Gasteiger partial charge is 0.251 e. The number of rotatable bonds is 8. The number of hydrogen-bond acceptors (Lipinski definition) is 4. The lowest BCUT2D eigenvalue weighted by Crippen LogP contribution is -2.26. The number of aliphatic hydroxyl groups is 1. The summed E-state index contributed by atoms with van der Waals surface area (Å²) >= 11 is 0. The van der Waals surface area contributed by atoms with Crippen LogP contribution >= 0.6 is 0 Å². The molecule has 5 nitrogen and oxygen atoms in total.